The molecular weight excluding hydrogens is 285 g/mol. The molecule has 0 fully saturated rings. The van der Waals surface area contributed by atoms with Crippen molar-refractivity contribution in [3.05, 3.63) is 28.0 Å². The number of rotatable bonds is 4. The van der Waals surface area contributed by atoms with E-state index < -0.39 is 5.82 Å². The number of anilines is 1. The molecule has 1 aromatic rings. The molecule has 5 heteroatoms. The first-order valence-corrected chi connectivity index (χ1v) is 5.95. The second-order valence-electron chi connectivity index (χ2n) is 3.36. The molecule has 0 atom stereocenters. The Hall–Kier alpha value is -1.59. The van der Waals surface area contributed by atoms with Crippen LogP contribution in [0.2, 0.25) is 0 Å². The van der Waals surface area contributed by atoms with Gasteiger partial charge in [-0.3, -0.25) is 0 Å². The third-order valence-electron chi connectivity index (χ3n) is 2.40. The van der Waals surface area contributed by atoms with Crippen LogP contribution in [0, 0.1) is 28.5 Å². The van der Waals surface area contributed by atoms with Gasteiger partial charge in [-0.15, -0.1) is 0 Å². The van der Waals surface area contributed by atoms with Gasteiger partial charge in [0.1, 0.15) is 6.07 Å². The lowest BCUT2D eigenvalue weighted by atomic mass is 10.2. The van der Waals surface area contributed by atoms with E-state index >= 15 is 0 Å². The van der Waals surface area contributed by atoms with E-state index in [1.54, 1.807) is 17.0 Å². The summed E-state index contributed by atoms with van der Waals surface area (Å²) >= 11 is 3.07. The van der Waals surface area contributed by atoms with Crippen LogP contribution in [0.1, 0.15) is 18.9 Å². The zero-order chi connectivity index (χ0) is 12.8. The molecule has 3 nitrogen and oxygen atoms in total. The van der Waals surface area contributed by atoms with Gasteiger partial charge in [0, 0.05) is 13.1 Å². The first-order chi connectivity index (χ1) is 8.15. The highest BCUT2D eigenvalue weighted by Gasteiger charge is 2.15. The summed E-state index contributed by atoms with van der Waals surface area (Å²) in [6.07, 6.45) is 0.338. The topological polar surface area (TPSA) is 50.8 Å². The number of nitrogens with zero attached hydrogens (tertiary/aromatic N) is 3. The van der Waals surface area contributed by atoms with Crippen LogP contribution in [0.25, 0.3) is 0 Å². The first kappa shape index (κ1) is 13.5. The minimum Gasteiger partial charge on any atom is -0.368 e. The number of hydrogen-bond donors (Lipinski definition) is 0. The lowest BCUT2D eigenvalue weighted by Crippen LogP contribution is -2.24. The number of hydrogen-bond acceptors (Lipinski definition) is 3. The van der Waals surface area contributed by atoms with Crippen molar-refractivity contribution >= 4 is 21.6 Å². The average Bonchev–Trinajstić information content (AvgIpc) is 2.35. The maximum absolute atomic E-state index is 14.0. The molecule has 0 radical (unpaired) electrons. The molecule has 1 aromatic carbocycles. The maximum atomic E-state index is 14.0. The van der Waals surface area contributed by atoms with Gasteiger partial charge in [-0.05, 0) is 35.0 Å². The molecule has 0 spiro atoms. The minimum atomic E-state index is -0.455. The predicted molar refractivity (Wildman–Crippen MR) is 66.9 cm³/mol. The molecule has 0 aliphatic heterocycles. The molecular formula is C12H11BrFN3. The monoisotopic (exact) mass is 295 g/mol. The summed E-state index contributed by atoms with van der Waals surface area (Å²) in [4.78, 5) is 1.77. The molecule has 0 unspecified atom stereocenters. The molecule has 0 aliphatic carbocycles. The van der Waals surface area contributed by atoms with E-state index in [9.17, 15) is 4.39 Å². The van der Waals surface area contributed by atoms with Crippen molar-refractivity contribution in [1.82, 2.24) is 0 Å². The van der Waals surface area contributed by atoms with Crippen LogP contribution in [0.15, 0.2) is 16.6 Å². The highest BCUT2D eigenvalue weighted by molar-refractivity contribution is 9.10. The van der Waals surface area contributed by atoms with Gasteiger partial charge in [-0.25, -0.2) is 4.39 Å². The third kappa shape index (κ3) is 2.95. The Morgan fingerprint density at radius 3 is 2.65 bits per heavy atom. The first-order valence-electron chi connectivity index (χ1n) is 5.15. The zero-order valence-corrected chi connectivity index (χ0v) is 11.0. The largest absolute Gasteiger partial charge is 0.368 e. The summed E-state index contributed by atoms with van der Waals surface area (Å²) in [5, 5.41) is 17.3. The lowest BCUT2D eigenvalue weighted by Gasteiger charge is -2.22. The molecule has 0 saturated heterocycles. The average molecular weight is 296 g/mol. The summed E-state index contributed by atoms with van der Waals surface area (Å²) < 4.78 is 14.2. The van der Waals surface area contributed by atoms with E-state index in [1.165, 1.54) is 0 Å². The number of halogens is 2. The van der Waals surface area contributed by atoms with Crippen LogP contribution in [-0.4, -0.2) is 13.1 Å². The molecule has 0 aromatic heterocycles. The quantitative estimate of drug-likeness (QED) is 0.857. The van der Waals surface area contributed by atoms with Crippen molar-refractivity contribution in [1.29, 1.82) is 10.5 Å². The molecule has 88 valence electrons. The van der Waals surface area contributed by atoms with Crippen molar-refractivity contribution in [3.8, 4) is 12.1 Å². The van der Waals surface area contributed by atoms with Gasteiger partial charge >= 0.3 is 0 Å². The fraction of sp³-hybridized carbons (Fsp3) is 0.333. The highest BCUT2D eigenvalue weighted by atomic mass is 79.9. The zero-order valence-electron chi connectivity index (χ0n) is 9.37. The Morgan fingerprint density at radius 2 is 2.12 bits per heavy atom. The van der Waals surface area contributed by atoms with E-state index in [4.69, 9.17) is 10.5 Å². The second-order valence-corrected chi connectivity index (χ2v) is 4.15. The van der Waals surface area contributed by atoms with E-state index in [-0.39, 0.29) is 10.0 Å². The standard InChI is InChI=1S/C12H11BrFN3/c1-2-17(7-3-6-15)10-5-4-9(8-16)11(13)12(10)14/h4-5H,2-3,7H2,1H3. The SMILES string of the molecule is CCN(CCC#N)c1ccc(C#N)c(Br)c1F. The molecule has 0 saturated carbocycles. The Morgan fingerprint density at radius 1 is 1.41 bits per heavy atom. The van der Waals surface area contributed by atoms with Gasteiger partial charge in [0.05, 0.1) is 28.2 Å². The van der Waals surface area contributed by atoms with Crippen LogP contribution >= 0.6 is 15.9 Å². The highest BCUT2D eigenvalue weighted by Crippen LogP contribution is 2.29. The van der Waals surface area contributed by atoms with E-state index in [1.807, 2.05) is 19.1 Å². The summed E-state index contributed by atoms with van der Waals surface area (Å²) in [7, 11) is 0. The predicted octanol–water partition coefficient (Wildman–Crippen LogP) is 3.20. The van der Waals surface area contributed by atoms with Crippen LogP contribution in [-0.2, 0) is 0 Å². The molecule has 0 aliphatic rings. The molecule has 0 N–H and O–H groups in total. The molecule has 0 bridgehead atoms. The van der Waals surface area contributed by atoms with Gasteiger partial charge in [0.2, 0.25) is 0 Å². The Bertz CT molecular complexity index is 488. The summed E-state index contributed by atoms with van der Waals surface area (Å²) in [6.45, 7) is 2.97. The van der Waals surface area contributed by atoms with E-state index in [2.05, 4.69) is 15.9 Å². The van der Waals surface area contributed by atoms with Crippen molar-refractivity contribution in [3.63, 3.8) is 0 Å². The fourth-order valence-electron chi connectivity index (χ4n) is 1.50. The minimum absolute atomic E-state index is 0.174. The molecule has 1 rings (SSSR count). The van der Waals surface area contributed by atoms with Gasteiger partial charge in [0.25, 0.3) is 0 Å². The van der Waals surface area contributed by atoms with Gasteiger partial charge < -0.3 is 4.90 Å². The van der Waals surface area contributed by atoms with Crippen LogP contribution in [0.4, 0.5) is 10.1 Å². The number of nitriles is 2. The summed E-state index contributed by atoms with van der Waals surface area (Å²) in [6, 6.07) is 7.07. The van der Waals surface area contributed by atoms with Gasteiger partial charge in [0.15, 0.2) is 5.82 Å². The molecule has 0 amide bonds. The normalized spacial score (nSPS) is 9.47. The van der Waals surface area contributed by atoms with Crippen molar-refractivity contribution in [2.24, 2.45) is 0 Å². The third-order valence-corrected chi connectivity index (χ3v) is 3.17. The van der Waals surface area contributed by atoms with E-state index in [0.717, 1.165) is 0 Å². The van der Waals surface area contributed by atoms with Crippen LogP contribution in [0.3, 0.4) is 0 Å². The van der Waals surface area contributed by atoms with Crippen LogP contribution in [0.5, 0.6) is 0 Å². The lowest BCUT2D eigenvalue weighted by molar-refractivity contribution is 0.611. The Labute approximate surface area is 108 Å². The van der Waals surface area contributed by atoms with Crippen LogP contribution < -0.4 is 4.90 Å². The smallest absolute Gasteiger partial charge is 0.161 e. The van der Waals surface area contributed by atoms with Crippen molar-refractivity contribution < 1.29 is 4.39 Å². The Balaban J connectivity index is 3.10. The van der Waals surface area contributed by atoms with E-state index in [0.29, 0.717) is 25.2 Å². The van der Waals surface area contributed by atoms with Gasteiger partial charge in [-0.1, -0.05) is 0 Å². The van der Waals surface area contributed by atoms with Gasteiger partial charge in [-0.2, -0.15) is 10.5 Å². The fourth-order valence-corrected chi connectivity index (χ4v) is 1.93. The second kappa shape index (κ2) is 6.22. The Kier molecular flexibility index (Phi) is 4.93. The maximum Gasteiger partial charge on any atom is 0.161 e. The van der Waals surface area contributed by atoms with Crippen molar-refractivity contribution in [2.75, 3.05) is 18.0 Å². The molecule has 0 heterocycles. The molecule has 17 heavy (non-hydrogen) atoms. The van der Waals surface area contributed by atoms with Crippen molar-refractivity contribution in [2.45, 2.75) is 13.3 Å². The summed E-state index contributed by atoms with van der Waals surface area (Å²) in [5.41, 5.74) is 0.677. The summed E-state index contributed by atoms with van der Waals surface area (Å²) in [5.74, 6) is -0.455. The number of benzene rings is 1.